The minimum absolute atomic E-state index is 0.587. The van der Waals surface area contributed by atoms with Gasteiger partial charge in [-0.25, -0.2) is 9.97 Å². The predicted octanol–water partition coefficient (Wildman–Crippen LogP) is 3.97. The molecule has 2 aromatic carbocycles. The van der Waals surface area contributed by atoms with Gasteiger partial charge in [0.1, 0.15) is 22.6 Å². The zero-order chi connectivity index (χ0) is 19.0. The fourth-order valence-corrected chi connectivity index (χ4v) is 3.69. The van der Waals surface area contributed by atoms with Crippen molar-refractivity contribution >= 4 is 16.9 Å². The minimum atomic E-state index is -0.587. The van der Waals surface area contributed by atoms with Crippen molar-refractivity contribution in [1.82, 2.24) is 9.97 Å². The minimum Gasteiger partial charge on any atom is -0.494 e. The number of hydrogen-bond acceptors (Lipinski definition) is 5. The van der Waals surface area contributed by atoms with Crippen LogP contribution in [-0.2, 0) is 0 Å². The molecule has 0 aliphatic carbocycles. The van der Waals surface area contributed by atoms with E-state index in [4.69, 9.17) is 14.7 Å². The first-order valence-corrected chi connectivity index (χ1v) is 9.35. The third kappa shape index (κ3) is 3.35. The highest BCUT2D eigenvalue weighted by Gasteiger charge is 2.28. The summed E-state index contributed by atoms with van der Waals surface area (Å²) in [5.74, 6) is 1.55. The molecule has 1 aliphatic heterocycles. The summed E-state index contributed by atoms with van der Waals surface area (Å²) >= 11 is 0. The number of nitrogens with zero attached hydrogens (tertiary/aromatic N) is 3. The molecule has 27 heavy (non-hydrogen) atoms. The van der Waals surface area contributed by atoms with E-state index >= 15 is 0 Å². The quantitative estimate of drug-likeness (QED) is 0.763. The van der Waals surface area contributed by atoms with Crippen LogP contribution in [0.5, 0.6) is 5.75 Å². The van der Waals surface area contributed by atoms with Gasteiger partial charge in [-0.2, -0.15) is 0 Å². The molecule has 140 valence electrons. The number of methoxy groups -OCH3 is 1. The molecule has 0 spiro atoms. The summed E-state index contributed by atoms with van der Waals surface area (Å²) in [5, 5.41) is 10.2. The number of aryl methyl sites for hydroxylation is 1. The summed E-state index contributed by atoms with van der Waals surface area (Å²) in [4.78, 5) is 11.8. The molecule has 1 aromatic heterocycles. The van der Waals surface area contributed by atoms with Crippen molar-refractivity contribution < 1.29 is 9.84 Å². The van der Waals surface area contributed by atoms with Crippen LogP contribution in [0.3, 0.4) is 0 Å². The van der Waals surface area contributed by atoms with Gasteiger partial charge in [0.25, 0.3) is 0 Å². The Bertz CT molecular complexity index is 974. The first-order chi connectivity index (χ1) is 13.0. The molecule has 1 saturated heterocycles. The number of anilines is 1. The molecule has 5 nitrogen and oxygen atoms in total. The lowest BCUT2D eigenvalue weighted by molar-refractivity contribution is 0.0350. The van der Waals surface area contributed by atoms with Gasteiger partial charge in [-0.1, -0.05) is 24.3 Å². The summed E-state index contributed by atoms with van der Waals surface area (Å²) in [5.41, 5.74) is 4.44. The zero-order valence-electron chi connectivity index (χ0n) is 16.1. The Morgan fingerprint density at radius 3 is 2.48 bits per heavy atom. The van der Waals surface area contributed by atoms with Crippen LogP contribution in [0.25, 0.3) is 22.2 Å². The molecule has 2 heterocycles. The molecular formula is C22H25N3O2. The largest absolute Gasteiger partial charge is 0.494 e. The lowest BCUT2D eigenvalue weighted by atomic mass is 9.94. The molecule has 0 radical (unpaired) electrons. The summed E-state index contributed by atoms with van der Waals surface area (Å²) in [6.07, 6.45) is 3.30. The van der Waals surface area contributed by atoms with Crippen LogP contribution in [0.2, 0.25) is 0 Å². The average Bonchev–Trinajstić information content (AvgIpc) is 2.67. The highest BCUT2D eigenvalue weighted by molar-refractivity contribution is 5.96. The Hall–Kier alpha value is -2.66. The number of benzene rings is 2. The third-order valence-corrected chi connectivity index (χ3v) is 5.47. The Kier molecular flexibility index (Phi) is 4.48. The van der Waals surface area contributed by atoms with E-state index in [1.165, 1.54) is 5.56 Å². The summed E-state index contributed by atoms with van der Waals surface area (Å²) in [7, 11) is 1.66. The van der Waals surface area contributed by atoms with E-state index in [1.54, 1.807) is 7.11 Å². The van der Waals surface area contributed by atoms with Crippen LogP contribution in [0.15, 0.2) is 42.6 Å². The number of ether oxygens (including phenoxy) is 1. The molecule has 0 atom stereocenters. The second kappa shape index (κ2) is 6.82. The lowest BCUT2D eigenvalue weighted by Gasteiger charge is -2.36. The number of piperidine rings is 1. The van der Waals surface area contributed by atoms with Gasteiger partial charge in [0, 0.05) is 18.7 Å². The van der Waals surface area contributed by atoms with Gasteiger partial charge >= 0.3 is 0 Å². The molecular weight excluding hydrogens is 338 g/mol. The van der Waals surface area contributed by atoms with Gasteiger partial charge < -0.3 is 14.7 Å². The molecule has 0 saturated carbocycles. The fourth-order valence-electron chi connectivity index (χ4n) is 3.69. The van der Waals surface area contributed by atoms with E-state index in [2.05, 4.69) is 30.0 Å². The van der Waals surface area contributed by atoms with E-state index in [0.717, 1.165) is 59.7 Å². The predicted molar refractivity (Wildman–Crippen MR) is 108 cm³/mol. The standard InChI is InChI=1S/C22H25N3O2/c1-15-6-4-5-7-16(15)17-8-9-18(27-3)21-20(17)23-14-19(24-21)25-12-10-22(2,26)11-13-25/h4-9,14,26H,10-13H2,1-3H3. The molecule has 1 aliphatic rings. The monoisotopic (exact) mass is 363 g/mol. The molecule has 0 amide bonds. The van der Waals surface area contributed by atoms with Crippen LogP contribution < -0.4 is 9.64 Å². The van der Waals surface area contributed by atoms with Gasteiger partial charge in [-0.3, -0.25) is 0 Å². The van der Waals surface area contributed by atoms with Gasteiger partial charge in [0.2, 0.25) is 0 Å². The number of rotatable bonds is 3. The highest BCUT2D eigenvalue weighted by Crippen LogP contribution is 2.35. The second-order valence-electron chi connectivity index (χ2n) is 7.54. The van der Waals surface area contributed by atoms with Crippen molar-refractivity contribution in [3.63, 3.8) is 0 Å². The Morgan fingerprint density at radius 2 is 1.78 bits per heavy atom. The van der Waals surface area contributed by atoms with Crippen LogP contribution in [0.1, 0.15) is 25.3 Å². The molecule has 3 aromatic rings. The SMILES string of the molecule is COc1ccc(-c2ccccc2C)c2ncc(N3CCC(C)(O)CC3)nc12. The van der Waals surface area contributed by atoms with Crippen molar-refractivity contribution in [2.75, 3.05) is 25.1 Å². The number of hydrogen-bond donors (Lipinski definition) is 1. The first kappa shape index (κ1) is 17.7. The van der Waals surface area contributed by atoms with Gasteiger partial charge in [0.15, 0.2) is 0 Å². The van der Waals surface area contributed by atoms with Gasteiger partial charge in [-0.05, 0) is 49.9 Å². The summed E-state index contributed by atoms with van der Waals surface area (Å²) < 4.78 is 5.56. The summed E-state index contributed by atoms with van der Waals surface area (Å²) in [6, 6.07) is 12.3. The first-order valence-electron chi connectivity index (χ1n) is 9.35. The maximum absolute atomic E-state index is 10.2. The third-order valence-electron chi connectivity index (χ3n) is 5.47. The van der Waals surface area contributed by atoms with Crippen molar-refractivity contribution in [3.05, 3.63) is 48.2 Å². The van der Waals surface area contributed by atoms with E-state index in [-0.39, 0.29) is 0 Å². The van der Waals surface area contributed by atoms with Crippen LogP contribution in [0.4, 0.5) is 5.82 Å². The maximum atomic E-state index is 10.2. The molecule has 4 rings (SSSR count). The average molecular weight is 363 g/mol. The zero-order valence-corrected chi connectivity index (χ0v) is 16.1. The number of fused-ring (bicyclic) bond motifs is 1. The molecule has 0 bridgehead atoms. The van der Waals surface area contributed by atoms with Crippen LogP contribution in [0, 0.1) is 6.92 Å². The molecule has 5 heteroatoms. The van der Waals surface area contributed by atoms with E-state index in [9.17, 15) is 5.11 Å². The van der Waals surface area contributed by atoms with E-state index < -0.39 is 5.60 Å². The Labute approximate surface area is 159 Å². The van der Waals surface area contributed by atoms with Gasteiger partial charge in [0.05, 0.1) is 18.9 Å². The van der Waals surface area contributed by atoms with Crippen molar-refractivity contribution in [2.45, 2.75) is 32.3 Å². The normalized spacial score (nSPS) is 16.5. The lowest BCUT2D eigenvalue weighted by Crippen LogP contribution is -2.42. The van der Waals surface area contributed by atoms with E-state index in [1.807, 2.05) is 31.3 Å². The number of aliphatic hydroxyl groups is 1. The second-order valence-corrected chi connectivity index (χ2v) is 7.54. The number of aromatic nitrogens is 2. The van der Waals surface area contributed by atoms with Crippen molar-refractivity contribution in [3.8, 4) is 16.9 Å². The molecule has 1 N–H and O–H groups in total. The van der Waals surface area contributed by atoms with Gasteiger partial charge in [-0.15, -0.1) is 0 Å². The fraction of sp³-hybridized carbons (Fsp3) is 0.364. The topological polar surface area (TPSA) is 58.5 Å². The molecule has 0 unspecified atom stereocenters. The van der Waals surface area contributed by atoms with Crippen molar-refractivity contribution in [2.24, 2.45) is 0 Å². The maximum Gasteiger partial charge on any atom is 0.148 e. The van der Waals surface area contributed by atoms with E-state index in [0.29, 0.717) is 0 Å². The Morgan fingerprint density at radius 1 is 1.04 bits per heavy atom. The molecule has 1 fully saturated rings. The highest BCUT2D eigenvalue weighted by atomic mass is 16.5. The van der Waals surface area contributed by atoms with Crippen LogP contribution in [-0.4, -0.2) is 40.9 Å². The summed E-state index contributed by atoms with van der Waals surface area (Å²) in [6.45, 7) is 5.54. The van der Waals surface area contributed by atoms with Crippen LogP contribution >= 0.6 is 0 Å². The smallest absolute Gasteiger partial charge is 0.148 e. The Balaban J connectivity index is 1.80. The van der Waals surface area contributed by atoms with Crippen molar-refractivity contribution in [1.29, 1.82) is 0 Å².